The first-order valence-electron chi connectivity index (χ1n) is 2.97. The highest BCUT2D eigenvalue weighted by Gasteiger charge is 2.02. The SMILES string of the molecule is [CH2]c1nc(C(C)C)co1. The maximum Gasteiger partial charge on any atom is 0.194 e. The molecule has 49 valence electrons. The van der Waals surface area contributed by atoms with Crippen LogP contribution in [-0.2, 0) is 0 Å². The Hall–Kier alpha value is -0.790. The summed E-state index contributed by atoms with van der Waals surface area (Å²) in [6.45, 7) is 7.68. The first kappa shape index (κ1) is 6.33. The topological polar surface area (TPSA) is 26.0 Å². The van der Waals surface area contributed by atoms with Gasteiger partial charge in [-0.2, -0.15) is 0 Å². The van der Waals surface area contributed by atoms with Crippen LogP contribution in [0.5, 0.6) is 0 Å². The Morgan fingerprint density at radius 1 is 1.67 bits per heavy atom. The fourth-order valence-electron chi connectivity index (χ4n) is 0.590. The van der Waals surface area contributed by atoms with Crippen molar-refractivity contribution >= 4 is 0 Å². The minimum Gasteiger partial charge on any atom is -0.449 e. The van der Waals surface area contributed by atoms with Crippen LogP contribution in [0.3, 0.4) is 0 Å². The third kappa shape index (κ3) is 1.31. The van der Waals surface area contributed by atoms with Crippen LogP contribution in [0.4, 0.5) is 0 Å². The van der Waals surface area contributed by atoms with E-state index in [-0.39, 0.29) is 0 Å². The molecule has 0 bridgehead atoms. The zero-order chi connectivity index (χ0) is 6.85. The standard InChI is InChI=1S/C7H10NO/c1-5(2)7-4-9-6(3)8-7/h4-5H,3H2,1-2H3. The molecule has 1 heterocycles. The van der Waals surface area contributed by atoms with Crippen molar-refractivity contribution < 1.29 is 4.42 Å². The summed E-state index contributed by atoms with van der Waals surface area (Å²) in [5.41, 5.74) is 0.972. The second-order valence-electron chi connectivity index (χ2n) is 2.32. The molecule has 0 aromatic carbocycles. The van der Waals surface area contributed by atoms with Crippen molar-refractivity contribution in [3.05, 3.63) is 24.8 Å². The van der Waals surface area contributed by atoms with Crippen molar-refractivity contribution in [3.8, 4) is 0 Å². The molecule has 1 aromatic heterocycles. The van der Waals surface area contributed by atoms with Crippen LogP contribution in [-0.4, -0.2) is 4.98 Å². The van der Waals surface area contributed by atoms with Crippen molar-refractivity contribution in [2.45, 2.75) is 19.8 Å². The van der Waals surface area contributed by atoms with Gasteiger partial charge in [-0.25, -0.2) is 4.98 Å². The van der Waals surface area contributed by atoms with E-state index in [0.29, 0.717) is 11.8 Å². The van der Waals surface area contributed by atoms with Crippen molar-refractivity contribution in [3.63, 3.8) is 0 Å². The lowest BCUT2D eigenvalue weighted by atomic mass is 10.2. The molecule has 0 atom stereocenters. The summed E-state index contributed by atoms with van der Waals surface area (Å²) in [4.78, 5) is 4.03. The highest BCUT2D eigenvalue weighted by atomic mass is 16.3. The molecule has 1 radical (unpaired) electrons. The minimum atomic E-state index is 0.434. The maximum absolute atomic E-state index is 4.90. The second kappa shape index (κ2) is 2.21. The molecule has 0 N–H and O–H groups in total. The van der Waals surface area contributed by atoms with E-state index in [1.807, 2.05) is 0 Å². The van der Waals surface area contributed by atoms with Gasteiger partial charge in [-0.05, 0) is 5.92 Å². The number of hydrogen-bond donors (Lipinski definition) is 0. The smallest absolute Gasteiger partial charge is 0.194 e. The van der Waals surface area contributed by atoms with Crippen LogP contribution in [0.25, 0.3) is 0 Å². The van der Waals surface area contributed by atoms with Crippen molar-refractivity contribution in [1.29, 1.82) is 0 Å². The number of hydrogen-bond acceptors (Lipinski definition) is 2. The van der Waals surface area contributed by atoms with Gasteiger partial charge in [-0.15, -0.1) is 0 Å². The van der Waals surface area contributed by atoms with Crippen LogP contribution in [0.15, 0.2) is 10.7 Å². The Labute approximate surface area is 54.9 Å². The molecule has 0 spiro atoms. The van der Waals surface area contributed by atoms with E-state index in [1.165, 1.54) is 0 Å². The average Bonchev–Trinajstić information content (AvgIpc) is 2.14. The van der Waals surface area contributed by atoms with E-state index in [0.717, 1.165) is 5.69 Å². The van der Waals surface area contributed by atoms with Gasteiger partial charge in [0.2, 0.25) is 0 Å². The third-order valence-electron chi connectivity index (χ3n) is 1.16. The maximum atomic E-state index is 4.90. The van der Waals surface area contributed by atoms with Gasteiger partial charge in [0.1, 0.15) is 6.26 Å². The van der Waals surface area contributed by atoms with Crippen molar-refractivity contribution in [2.75, 3.05) is 0 Å². The van der Waals surface area contributed by atoms with Gasteiger partial charge < -0.3 is 4.42 Å². The summed E-state index contributed by atoms with van der Waals surface area (Å²) in [7, 11) is 0. The van der Waals surface area contributed by atoms with Crippen LogP contribution in [0.2, 0.25) is 0 Å². The normalized spacial score (nSPS) is 10.7. The molecular formula is C7H10NO. The van der Waals surface area contributed by atoms with Crippen molar-refractivity contribution in [1.82, 2.24) is 4.98 Å². The van der Waals surface area contributed by atoms with E-state index < -0.39 is 0 Å². The fourth-order valence-corrected chi connectivity index (χ4v) is 0.590. The molecule has 0 saturated heterocycles. The lowest BCUT2D eigenvalue weighted by Crippen LogP contribution is -1.85. The largest absolute Gasteiger partial charge is 0.449 e. The molecule has 0 amide bonds. The molecular weight excluding hydrogens is 114 g/mol. The predicted octanol–water partition coefficient (Wildman–Crippen LogP) is 1.98. The van der Waals surface area contributed by atoms with Crippen LogP contribution < -0.4 is 0 Å². The highest BCUT2D eigenvalue weighted by molar-refractivity contribution is 5.02. The van der Waals surface area contributed by atoms with Crippen LogP contribution >= 0.6 is 0 Å². The fraction of sp³-hybridized carbons (Fsp3) is 0.429. The zero-order valence-corrected chi connectivity index (χ0v) is 5.72. The van der Waals surface area contributed by atoms with E-state index in [9.17, 15) is 0 Å². The molecule has 0 aliphatic rings. The predicted molar refractivity (Wildman–Crippen MR) is 35.1 cm³/mol. The monoisotopic (exact) mass is 124 g/mol. The van der Waals surface area contributed by atoms with Gasteiger partial charge in [0.05, 0.1) is 5.69 Å². The van der Waals surface area contributed by atoms with E-state index in [4.69, 9.17) is 4.42 Å². The van der Waals surface area contributed by atoms with E-state index >= 15 is 0 Å². The molecule has 9 heavy (non-hydrogen) atoms. The Bertz CT molecular complexity index is 191. The highest BCUT2D eigenvalue weighted by Crippen LogP contribution is 2.11. The summed E-state index contributed by atoms with van der Waals surface area (Å²) in [5, 5.41) is 0. The summed E-state index contributed by atoms with van der Waals surface area (Å²) in [6, 6.07) is 0. The van der Waals surface area contributed by atoms with Gasteiger partial charge >= 0.3 is 0 Å². The van der Waals surface area contributed by atoms with Gasteiger partial charge in [0, 0.05) is 6.92 Å². The van der Waals surface area contributed by atoms with Gasteiger partial charge in [-0.3, -0.25) is 0 Å². The lowest BCUT2D eigenvalue weighted by molar-refractivity contribution is 0.535. The Morgan fingerprint density at radius 3 is 2.56 bits per heavy atom. The summed E-state index contributed by atoms with van der Waals surface area (Å²) >= 11 is 0. The van der Waals surface area contributed by atoms with Crippen molar-refractivity contribution in [2.24, 2.45) is 0 Å². The van der Waals surface area contributed by atoms with E-state index in [2.05, 4.69) is 25.8 Å². The molecule has 0 aliphatic carbocycles. The molecule has 0 aliphatic heterocycles. The Balaban J connectivity index is 2.85. The van der Waals surface area contributed by atoms with Crippen LogP contribution in [0.1, 0.15) is 31.4 Å². The lowest BCUT2D eigenvalue weighted by Gasteiger charge is -1.93. The zero-order valence-electron chi connectivity index (χ0n) is 5.72. The number of rotatable bonds is 1. The molecule has 0 saturated carbocycles. The van der Waals surface area contributed by atoms with Gasteiger partial charge in [0.25, 0.3) is 0 Å². The number of oxazole rings is 1. The van der Waals surface area contributed by atoms with Gasteiger partial charge in [-0.1, -0.05) is 13.8 Å². The first-order chi connectivity index (χ1) is 4.20. The van der Waals surface area contributed by atoms with Gasteiger partial charge in [0.15, 0.2) is 5.89 Å². The Kier molecular flexibility index (Phi) is 1.56. The van der Waals surface area contributed by atoms with E-state index in [1.54, 1.807) is 6.26 Å². The molecule has 1 rings (SSSR count). The second-order valence-corrected chi connectivity index (χ2v) is 2.32. The molecule has 0 unspecified atom stereocenters. The first-order valence-corrected chi connectivity index (χ1v) is 2.97. The molecule has 2 heteroatoms. The summed E-state index contributed by atoms with van der Waals surface area (Å²) in [5.74, 6) is 0.933. The average molecular weight is 124 g/mol. The number of aromatic nitrogens is 1. The molecule has 0 fully saturated rings. The van der Waals surface area contributed by atoms with Crippen LogP contribution in [0, 0.1) is 6.92 Å². The molecule has 1 aromatic rings. The number of nitrogens with zero attached hydrogens (tertiary/aromatic N) is 1. The molecule has 2 nitrogen and oxygen atoms in total. The third-order valence-corrected chi connectivity index (χ3v) is 1.16. The minimum absolute atomic E-state index is 0.434. The summed E-state index contributed by atoms with van der Waals surface area (Å²) in [6.07, 6.45) is 1.65. The Morgan fingerprint density at radius 2 is 2.33 bits per heavy atom. The quantitative estimate of drug-likeness (QED) is 0.572. The summed E-state index contributed by atoms with van der Waals surface area (Å²) < 4.78 is 4.90.